The smallest absolute Gasteiger partial charge is 0.223 e. The van der Waals surface area contributed by atoms with E-state index in [0.717, 1.165) is 32.0 Å². The van der Waals surface area contributed by atoms with Crippen molar-refractivity contribution in [3.05, 3.63) is 18.2 Å². The van der Waals surface area contributed by atoms with E-state index < -0.39 is 0 Å². The van der Waals surface area contributed by atoms with E-state index in [1.165, 1.54) is 0 Å². The van der Waals surface area contributed by atoms with Gasteiger partial charge in [-0.05, 0) is 7.05 Å². The summed E-state index contributed by atoms with van der Waals surface area (Å²) in [6, 6.07) is 0. The van der Waals surface area contributed by atoms with Crippen LogP contribution in [0.1, 0.15) is 12.2 Å². The van der Waals surface area contributed by atoms with Gasteiger partial charge in [-0.1, -0.05) is 0 Å². The van der Waals surface area contributed by atoms with Gasteiger partial charge in [-0.25, -0.2) is 4.98 Å². The first-order chi connectivity index (χ1) is 7.75. The third-order valence-electron chi connectivity index (χ3n) is 2.99. The molecule has 0 bridgehead atoms. The minimum absolute atomic E-state index is 0.240. The fourth-order valence-corrected chi connectivity index (χ4v) is 1.87. The second kappa shape index (κ2) is 5.12. The molecule has 2 heterocycles. The highest BCUT2D eigenvalue weighted by molar-refractivity contribution is 5.76. The summed E-state index contributed by atoms with van der Waals surface area (Å²) >= 11 is 0. The summed E-state index contributed by atoms with van der Waals surface area (Å²) < 4.78 is 0. The van der Waals surface area contributed by atoms with Crippen LogP contribution in [0.15, 0.2) is 12.4 Å². The molecule has 0 spiro atoms. The topological polar surface area (TPSA) is 52.2 Å². The van der Waals surface area contributed by atoms with Gasteiger partial charge in [-0.3, -0.25) is 4.79 Å². The normalized spacial score (nSPS) is 17.7. The Labute approximate surface area is 95.5 Å². The number of likely N-dealkylation sites (N-methyl/N-ethyl adjacent to an activating group) is 1. The lowest BCUT2D eigenvalue weighted by Gasteiger charge is -2.32. The zero-order valence-electron chi connectivity index (χ0n) is 9.65. The fourth-order valence-electron chi connectivity index (χ4n) is 1.87. The predicted molar refractivity (Wildman–Crippen MR) is 61.0 cm³/mol. The van der Waals surface area contributed by atoms with Crippen LogP contribution in [0.25, 0.3) is 0 Å². The summed E-state index contributed by atoms with van der Waals surface area (Å²) in [5.74, 6) is 1.13. The highest BCUT2D eigenvalue weighted by Crippen LogP contribution is 2.04. The second-order valence-electron chi connectivity index (χ2n) is 4.22. The minimum atomic E-state index is 0.240. The number of amides is 1. The number of H-pyrrole nitrogens is 1. The van der Waals surface area contributed by atoms with Crippen molar-refractivity contribution in [1.29, 1.82) is 0 Å². The molecule has 1 aliphatic heterocycles. The summed E-state index contributed by atoms with van der Waals surface area (Å²) in [7, 11) is 2.09. The molecule has 1 saturated heterocycles. The molecular formula is C11H18N4O. The lowest BCUT2D eigenvalue weighted by molar-refractivity contribution is -0.132. The molecule has 1 aromatic heterocycles. The number of nitrogens with zero attached hydrogens (tertiary/aromatic N) is 3. The average molecular weight is 222 g/mol. The minimum Gasteiger partial charge on any atom is -0.349 e. The maximum absolute atomic E-state index is 11.9. The van der Waals surface area contributed by atoms with Crippen LogP contribution in [0.5, 0.6) is 0 Å². The van der Waals surface area contributed by atoms with E-state index in [-0.39, 0.29) is 5.91 Å². The quantitative estimate of drug-likeness (QED) is 0.790. The highest BCUT2D eigenvalue weighted by Gasteiger charge is 2.18. The summed E-state index contributed by atoms with van der Waals surface area (Å²) in [4.78, 5) is 23.2. The summed E-state index contributed by atoms with van der Waals surface area (Å²) in [6.45, 7) is 3.67. The number of carbonyl (C=O) groups excluding carboxylic acids is 1. The summed E-state index contributed by atoms with van der Waals surface area (Å²) in [6.07, 6.45) is 4.76. The fraction of sp³-hybridized carbons (Fsp3) is 0.636. The van der Waals surface area contributed by atoms with Gasteiger partial charge in [-0.15, -0.1) is 0 Å². The van der Waals surface area contributed by atoms with Crippen LogP contribution in [0.4, 0.5) is 0 Å². The van der Waals surface area contributed by atoms with Gasteiger partial charge < -0.3 is 14.8 Å². The van der Waals surface area contributed by atoms with E-state index in [1.807, 2.05) is 4.90 Å². The van der Waals surface area contributed by atoms with Gasteiger partial charge in [0.05, 0.1) is 0 Å². The molecule has 0 aliphatic carbocycles. The van der Waals surface area contributed by atoms with Gasteiger partial charge in [0.25, 0.3) is 0 Å². The lowest BCUT2D eigenvalue weighted by atomic mass is 10.2. The number of carbonyl (C=O) groups is 1. The number of piperazine rings is 1. The Kier molecular flexibility index (Phi) is 3.56. The first-order valence-corrected chi connectivity index (χ1v) is 5.70. The number of aromatic nitrogens is 2. The van der Waals surface area contributed by atoms with Gasteiger partial charge in [0.1, 0.15) is 5.82 Å². The van der Waals surface area contributed by atoms with Crippen LogP contribution >= 0.6 is 0 Å². The number of aromatic amines is 1. The zero-order valence-corrected chi connectivity index (χ0v) is 9.65. The molecule has 0 atom stereocenters. The van der Waals surface area contributed by atoms with Crippen molar-refractivity contribution in [3.8, 4) is 0 Å². The van der Waals surface area contributed by atoms with Crippen molar-refractivity contribution < 1.29 is 4.79 Å². The first kappa shape index (κ1) is 11.1. The molecule has 0 aromatic carbocycles. The van der Waals surface area contributed by atoms with Gasteiger partial charge in [0, 0.05) is 51.4 Å². The van der Waals surface area contributed by atoms with Crippen molar-refractivity contribution in [2.45, 2.75) is 12.8 Å². The lowest BCUT2D eigenvalue weighted by Crippen LogP contribution is -2.47. The Morgan fingerprint density at radius 3 is 2.81 bits per heavy atom. The summed E-state index contributed by atoms with van der Waals surface area (Å²) in [5, 5.41) is 0. The van der Waals surface area contributed by atoms with Crippen molar-refractivity contribution in [1.82, 2.24) is 19.8 Å². The number of hydrogen-bond acceptors (Lipinski definition) is 3. The Bertz CT molecular complexity index is 328. The van der Waals surface area contributed by atoms with E-state index in [1.54, 1.807) is 12.4 Å². The largest absolute Gasteiger partial charge is 0.349 e. The van der Waals surface area contributed by atoms with Gasteiger partial charge in [0.2, 0.25) is 5.91 Å². The Hall–Kier alpha value is -1.36. The van der Waals surface area contributed by atoms with Gasteiger partial charge >= 0.3 is 0 Å². The molecule has 5 nitrogen and oxygen atoms in total. The molecular weight excluding hydrogens is 204 g/mol. The first-order valence-electron chi connectivity index (χ1n) is 5.70. The van der Waals surface area contributed by atoms with Crippen LogP contribution in [0.3, 0.4) is 0 Å². The molecule has 2 rings (SSSR count). The van der Waals surface area contributed by atoms with E-state index in [0.29, 0.717) is 12.8 Å². The van der Waals surface area contributed by atoms with Crippen molar-refractivity contribution in [3.63, 3.8) is 0 Å². The van der Waals surface area contributed by atoms with Crippen LogP contribution in [0, 0.1) is 0 Å². The van der Waals surface area contributed by atoms with Crippen molar-refractivity contribution in [2.24, 2.45) is 0 Å². The number of nitrogens with one attached hydrogen (secondary N) is 1. The standard InChI is InChI=1S/C11H18N4O/c1-14-6-8-15(9-7-14)11(16)3-2-10-12-4-5-13-10/h4-5H,2-3,6-9H2,1H3,(H,12,13). The molecule has 1 aromatic rings. The Balaban J connectivity index is 1.75. The van der Waals surface area contributed by atoms with E-state index in [4.69, 9.17) is 0 Å². The van der Waals surface area contributed by atoms with E-state index in [2.05, 4.69) is 21.9 Å². The van der Waals surface area contributed by atoms with Crippen LogP contribution in [-0.2, 0) is 11.2 Å². The number of aryl methyl sites for hydroxylation is 1. The van der Waals surface area contributed by atoms with E-state index in [9.17, 15) is 4.79 Å². The number of rotatable bonds is 3. The molecule has 1 amide bonds. The molecule has 16 heavy (non-hydrogen) atoms. The maximum atomic E-state index is 11.9. The zero-order chi connectivity index (χ0) is 11.4. The molecule has 0 radical (unpaired) electrons. The van der Waals surface area contributed by atoms with E-state index >= 15 is 0 Å². The van der Waals surface area contributed by atoms with Crippen molar-refractivity contribution >= 4 is 5.91 Å². The molecule has 0 saturated carbocycles. The number of imidazole rings is 1. The van der Waals surface area contributed by atoms with Crippen LogP contribution in [-0.4, -0.2) is 58.9 Å². The third-order valence-corrected chi connectivity index (χ3v) is 2.99. The van der Waals surface area contributed by atoms with Crippen LogP contribution in [0.2, 0.25) is 0 Å². The number of hydrogen-bond donors (Lipinski definition) is 1. The molecule has 88 valence electrons. The summed E-state index contributed by atoms with van der Waals surface area (Å²) in [5.41, 5.74) is 0. The van der Waals surface area contributed by atoms with Gasteiger partial charge in [0.15, 0.2) is 0 Å². The molecule has 1 fully saturated rings. The molecule has 5 heteroatoms. The van der Waals surface area contributed by atoms with Crippen molar-refractivity contribution in [2.75, 3.05) is 33.2 Å². The van der Waals surface area contributed by atoms with Gasteiger partial charge in [-0.2, -0.15) is 0 Å². The van der Waals surface area contributed by atoms with Crippen LogP contribution < -0.4 is 0 Å². The maximum Gasteiger partial charge on any atom is 0.223 e. The Morgan fingerprint density at radius 2 is 2.19 bits per heavy atom. The Morgan fingerprint density at radius 1 is 1.44 bits per heavy atom. The molecule has 0 unspecified atom stereocenters. The monoisotopic (exact) mass is 222 g/mol. The highest BCUT2D eigenvalue weighted by atomic mass is 16.2. The predicted octanol–water partition coefficient (Wildman–Crippen LogP) is 0.116. The average Bonchev–Trinajstić information content (AvgIpc) is 2.80. The molecule has 1 N–H and O–H groups in total. The molecule has 1 aliphatic rings. The second-order valence-corrected chi connectivity index (χ2v) is 4.22. The third kappa shape index (κ3) is 2.82. The SMILES string of the molecule is CN1CCN(C(=O)CCc2ncc[nH]2)CC1.